The van der Waals surface area contributed by atoms with E-state index in [4.69, 9.17) is 5.73 Å². The van der Waals surface area contributed by atoms with Gasteiger partial charge in [-0.25, -0.2) is 8.78 Å². The van der Waals surface area contributed by atoms with Gasteiger partial charge in [-0.05, 0) is 26.3 Å². The molecule has 2 nitrogen and oxygen atoms in total. The molecule has 2 N–H and O–H groups in total. The van der Waals surface area contributed by atoms with Crippen molar-refractivity contribution in [2.75, 3.05) is 17.7 Å². The molecule has 0 radical (unpaired) electrons. The summed E-state index contributed by atoms with van der Waals surface area (Å²) >= 11 is 0. The third kappa shape index (κ3) is 2.26. The topological polar surface area (TPSA) is 29.3 Å². The summed E-state index contributed by atoms with van der Waals surface area (Å²) in [7, 11) is 1.79. The monoisotopic (exact) mass is 228 g/mol. The highest BCUT2D eigenvalue weighted by Crippen LogP contribution is 2.32. The van der Waals surface area contributed by atoms with Gasteiger partial charge in [0.25, 0.3) is 0 Å². The van der Waals surface area contributed by atoms with E-state index in [2.05, 4.69) is 0 Å². The fraction of sp³-hybridized carbons (Fsp3) is 0.500. The number of nitrogens with zero attached hydrogens (tertiary/aromatic N) is 1. The van der Waals surface area contributed by atoms with Crippen LogP contribution in [0.15, 0.2) is 12.1 Å². The molecule has 1 aromatic carbocycles. The van der Waals surface area contributed by atoms with E-state index in [1.807, 2.05) is 20.8 Å². The van der Waals surface area contributed by atoms with Gasteiger partial charge in [-0.1, -0.05) is 6.92 Å². The van der Waals surface area contributed by atoms with Crippen LogP contribution in [-0.4, -0.2) is 12.6 Å². The summed E-state index contributed by atoms with van der Waals surface area (Å²) in [5.74, 6) is -1.32. The molecule has 0 aliphatic heterocycles. The molecule has 0 aliphatic carbocycles. The van der Waals surface area contributed by atoms with E-state index in [1.165, 1.54) is 6.07 Å². The molecule has 4 heteroatoms. The standard InChI is InChI=1S/C12H18F2N2/c1-5-12(2,3)16(4)10-7-8(13)6-9(14)11(10)15/h6-7H,5,15H2,1-4H3. The van der Waals surface area contributed by atoms with Gasteiger partial charge in [0.2, 0.25) is 0 Å². The lowest BCUT2D eigenvalue weighted by atomic mass is 9.99. The Morgan fingerprint density at radius 3 is 2.38 bits per heavy atom. The minimum Gasteiger partial charge on any atom is -0.395 e. The number of nitrogen functional groups attached to an aromatic ring is 1. The fourth-order valence-electron chi connectivity index (χ4n) is 1.41. The molecule has 0 heterocycles. The first-order valence-corrected chi connectivity index (χ1v) is 5.28. The van der Waals surface area contributed by atoms with Crippen LogP contribution in [-0.2, 0) is 0 Å². The molecule has 0 unspecified atom stereocenters. The summed E-state index contributed by atoms with van der Waals surface area (Å²) < 4.78 is 26.4. The Morgan fingerprint density at radius 2 is 1.88 bits per heavy atom. The van der Waals surface area contributed by atoms with Gasteiger partial charge in [-0.2, -0.15) is 0 Å². The number of nitrogens with two attached hydrogens (primary N) is 1. The van der Waals surface area contributed by atoms with Crippen molar-refractivity contribution < 1.29 is 8.78 Å². The van der Waals surface area contributed by atoms with Crippen LogP contribution >= 0.6 is 0 Å². The van der Waals surface area contributed by atoms with Gasteiger partial charge in [0.1, 0.15) is 5.82 Å². The zero-order chi connectivity index (χ0) is 12.5. The summed E-state index contributed by atoms with van der Waals surface area (Å²) in [4.78, 5) is 1.80. The van der Waals surface area contributed by atoms with Crippen molar-refractivity contribution >= 4 is 11.4 Å². The Morgan fingerprint density at radius 1 is 1.31 bits per heavy atom. The zero-order valence-corrected chi connectivity index (χ0v) is 10.1. The van der Waals surface area contributed by atoms with Crippen molar-refractivity contribution in [3.63, 3.8) is 0 Å². The summed E-state index contributed by atoms with van der Waals surface area (Å²) in [6.45, 7) is 6.01. The normalized spacial score (nSPS) is 11.6. The SMILES string of the molecule is CCC(C)(C)N(C)c1cc(F)cc(F)c1N. The highest BCUT2D eigenvalue weighted by Gasteiger charge is 2.24. The zero-order valence-electron chi connectivity index (χ0n) is 10.1. The first-order chi connectivity index (χ1) is 7.29. The van der Waals surface area contributed by atoms with E-state index in [0.717, 1.165) is 12.5 Å². The molecule has 0 bridgehead atoms. The summed E-state index contributed by atoms with van der Waals surface area (Å²) in [5.41, 5.74) is 5.80. The summed E-state index contributed by atoms with van der Waals surface area (Å²) in [6, 6.07) is 2.06. The molecule has 0 saturated carbocycles. The molecule has 1 rings (SSSR count). The number of rotatable bonds is 3. The van der Waals surface area contributed by atoms with Crippen LogP contribution in [0.25, 0.3) is 0 Å². The van der Waals surface area contributed by atoms with Gasteiger partial charge in [0.05, 0.1) is 11.4 Å². The lowest BCUT2D eigenvalue weighted by Gasteiger charge is -2.37. The molecule has 0 spiro atoms. The molecular weight excluding hydrogens is 210 g/mol. The minimum atomic E-state index is -0.714. The van der Waals surface area contributed by atoms with Gasteiger partial charge in [-0.15, -0.1) is 0 Å². The van der Waals surface area contributed by atoms with Crippen molar-refractivity contribution in [1.29, 1.82) is 0 Å². The predicted octanol–water partition coefficient (Wildman–Crippen LogP) is 3.17. The highest BCUT2D eigenvalue weighted by atomic mass is 19.1. The van der Waals surface area contributed by atoms with Crippen LogP contribution in [0.2, 0.25) is 0 Å². The molecule has 0 fully saturated rings. The first-order valence-electron chi connectivity index (χ1n) is 5.28. The van der Waals surface area contributed by atoms with Crippen molar-refractivity contribution in [3.05, 3.63) is 23.8 Å². The molecule has 16 heavy (non-hydrogen) atoms. The quantitative estimate of drug-likeness (QED) is 0.805. The molecule has 0 atom stereocenters. The second-order valence-corrected chi connectivity index (χ2v) is 4.55. The number of anilines is 2. The molecule has 0 aliphatic rings. The van der Waals surface area contributed by atoms with Crippen LogP contribution < -0.4 is 10.6 Å². The fourth-order valence-corrected chi connectivity index (χ4v) is 1.41. The second-order valence-electron chi connectivity index (χ2n) is 4.55. The maximum atomic E-state index is 13.3. The van der Waals surface area contributed by atoms with Crippen LogP contribution in [0.1, 0.15) is 27.2 Å². The largest absolute Gasteiger partial charge is 0.395 e. The molecule has 1 aromatic rings. The second kappa shape index (κ2) is 4.28. The molecule has 0 aromatic heterocycles. The van der Waals surface area contributed by atoms with Gasteiger partial charge in [0, 0.05) is 18.7 Å². The smallest absolute Gasteiger partial charge is 0.151 e. The van der Waals surface area contributed by atoms with Crippen LogP contribution in [0, 0.1) is 11.6 Å². The Hall–Kier alpha value is -1.32. The predicted molar refractivity (Wildman–Crippen MR) is 63.5 cm³/mol. The maximum Gasteiger partial charge on any atom is 0.151 e. The molecule has 0 amide bonds. The van der Waals surface area contributed by atoms with Crippen LogP contribution in [0.3, 0.4) is 0 Å². The molecule has 90 valence electrons. The van der Waals surface area contributed by atoms with Crippen molar-refractivity contribution in [2.45, 2.75) is 32.7 Å². The van der Waals surface area contributed by atoms with Gasteiger partial charge < -0.3 is 10.6 Å². The van der Waals surface area contributed by atoms with Crippen LogP contribution in [0.5, 0.6) is 0 Å². The van der Waals surface area contributed by atoms with Crippen molar-refractivity contribution in [1.82, 2.24) is 0 Å². The van der Waals surface area contributed by atoms with Crippen LogP contribution in [0.4, 0.5) is 20.2 Å². The van der Waals surface area contributed by atoms with Gasteiger partial charge in [-0.3, -0.25) is 0 Å². The van der Waals surface area contributed by atoms with E-state index in [-0.39, 0.29) is 11.2 Å². The average Bonchev–Trinajstić information content (AvgIpc) is 2.22. The van der Waals surface area contributed by atoms with Gasteiger partial charge >= 0.3 is 0 Å². The first kappa shape index (κ1) is 12.7. The van der Waals surface area contributed by atoms with E-state index in [0.29, 0.717) is 5.69 Å². The lowest BCUT2D eigenvalue weighted by molar-refractivity contribution is 0.469. The highest BCUT2D eigenvalue weighted by molar-refractivity contribution is 5.68. The number of benzene rings is 1. The summed E-state index contributed by atoms with van der Waals surface area (Å²) in [5, 5.41) is 0. The Balaban J connectivity index is 3.23. The van der Waals surface area contributed by atoms with Crippen molar-refractivity contribution in [3.8, 4) is 0 Å². The Bertz CT molecular complexity index is 389. The number of hydrogen-bond donors (Lipinski definition) is 1. The minimum absolute atomic E-state index is 0.00887. The third-order valence-electron chi connectivity index (χ3n) is 3.21. The van der Waals surface area contributed by atoms with Crippen molar-refractivity contribution in [2.24, 2.45) is 0 Å². The van der Waals surface area contributed by atoms with E-state index in [1.54, 1.807) is 11.9 Å². The Labute approximate surface area is 95.1 Å². The molecule has 0 saturated heterocycles. The number of halogens is 2. The number of hydrogen-bond acceptors (Lipinski definition) is 2. The maximum absolute atomic E-state index is 13.3. The average molecular weight is 228 g/mol. The van der Waals surface area contributed by atoms with E-state index < -0.39 is 11.6 Å². The summed E-state index contributed by atoms with van der Waals surface area (Å²) in [6.07, 6.45) is 0.848. The van der Waals surface area contributed by atoms with E-state index >= 15 is 0 Å². The lowest BCUT2D eigenvalue weighted by Crippen LogP contribution is -2.41. The molecular formula is C12H18F2N2. The van der Waals surface area contributed by atoms with E-state index in [9.17, 15) is 8.78 Å². The Kier molecular flexibility index (Phi) is 3.41. The third-order valence-corrected chi connectivity index (χ3v) is 3.21. The van der Waals surface area contributed by atoms with Gasteiger partial charge in [0.15, 0.2) is 5.82 Å².